The summed E-state index contributed by atoms with van der Waals surface area (Å²) in [6, 6.07) is 0. The second-order valence-electron chi connectivity index (χ2n) is 4.35. The maximum absolute atomic E-state index is 4.38. The number of nitrogens with zero attached hydrogens (tertiary/aromatic N) is 1. The van der Waals surface area contributed by atoms with Crippen LogP contribution in [0.2, 0.25) is 19.6 Å². The Morgan fingerprint density at radius 2 is 2.00 bits per heavy atom. The first kappa shape index (κ1) is 10.3. The number of aromatic nitrogens is 2. The number of hydrogen-bond acceptors (Lipinski definition) is 2. The second-order valence-corrected chi connectivity index (χ2v) is 9.33. The molecule has 1 aromatic heterocycles. The van der Waals surface area contributed by atoms with Gasteiger partial charge in [-0.05, 0) is 13.8 Å². The molecule has 2 N–H and O–H groups in total. The zero-order valence-electron chi connectivity index (χ0n) is 9.15. The largest absolute Gasteiger partial charge is 0.383 e. The molecule has 0 saturated carbocycles. The summed E-state index contributed by atoms with van der Waals surface area (Å²) in [5.41, 5.74) is 2.38. The fourth-order valence-electron chi connectivity index (χ4n) is 1.36. The van der Waals surface area contributed by atoms with Crippen molar-refractivity contribution in [1.29, 1.82) is 0 Å². The Balaban J connectivity index is 3.07. The molecule has 0 unspecified atom stereocenters. The first-order chi connectivity index (χ1) is 5.96. The van der Waals surface area contributed by atoms with E-state index in [4.69, 9.17) is 0 Å². The number of anilines is 1. The monoisotopic (exact) mass is 197 g/mol. The number of aromatic amines is 1. The fourth-order valence-corrected chi connectivity index (χ4v) is 2.78. The van der Waals surface area contributed by atoms with E-state index in [2.05, 4.69) is 49.0 Å². The molecule has 0 amide bonds. The normalized spacial score (nSPS) is 11.8. The smallest absolute Gasteiger partial charge is 0.106 e. The summed E-state index contributed by atoms with van der Waals surface area (Å²) in [5.74, 6) is 0. The van der Waals surface area contributed by atoms with Crippen LogP contribution in [0.15, 0.2) is 0 Å². The lowest BCUT2D eigenvalue weighted by Crippen LogP contribution is -2.40. The third-order valence-corrected chi connectivity index (χ3v) is 3.79. The third-order valence-electron chi connectivity index (χ3n) is 2.01. The van der Waals surface area contributed by atoms with Crippen molar-refractivity contribution in [2.45, 2.75) is 33.5 Å². The van der Waals surface area contributed by atoms with Crippen LogP contribution >= 0.6 is 0 Å². The van der Waals surface area contributed by atoms with Crippen molar-refractivity contribution in [2.75, 3.05) is 11.9 Å². The lowest BCUT2D eigenvalue weighted by atomic mass is 10.4. The van der Waals surface area contributed by atoms with E-state index >= 15 is 0 Å². The van der Waals surface area contributed by atoms with Crippen molar-refractivity contribution in [3.05, 3.63) is 5.69 Å². The van der Waals surface area contributed by atoms with Gasteiger partial charge in [-0.3, -0.25) is 5.10 Å². The zero-order chi connectivity index (χ0) is 10.1. The first-order valence-electron chi connectivity index (χ1n) is 4.76. The zero-order valence-corrected chi connectivity index (χ0v) is 10.2. The van der Waals surface area contributed by atoms with E-state index < -0.39 is 8.07 Å². The van der Waals surface area contributed by atoms with Crippen molar-refractivity contribution in [3.63, 3.8) is 0 Å². The quantitative estimate of drug-likeness (QED) is 0.724. The summed E-state index contributed by atoms with van der Waals surface area (Å²) in [5, 5.41) is 12.1. The van der Waals surface area contributed by atoms with Crippen molar-refractivity contribution < 1.29 is 0 Å². The summed E-state index contributed by atoms with van der Waals surface area (Å²) in [6.07, 6.45) is 0. The molecule has 0 bridgehead atoms. The Labute approximate surface area is 80.9 Å². The van der Waals surface area contributed by atoms with Gasteiger partial charge in [0.25, 0.3) is 0 Å². The minimum absolute atomic E-state index is 0.956. The van der Waals surface area contributed by atoms with Gasteiger partial charge in [0.05, 0.1) is 16.7 Å². The van der Waals surface area contributed by atoms with Crippen molar-refractivity contribution >= 4 is 19.1 Å². The second kappa shape index (κ2) is 3.53. The van der Waals surface area contributed by atoms with Gasteiger partial charge >= 0.3 is 0 Å². The lowest BCUT2D eigenvalue weighted by molar-refractivity contribution is 1.06. The first-order valence-corrected chi connectivity index (χ1v) is 8.26. The number of rotatable bonds is 3. The molecule has 0 radical (unpaired) electrons. The molecule has 0 aliphatic rings. The molecule has 0 spiro atoms. The van der Waals surface area contributed by atoms with Gasteiger partial charge < -0.3 is 5.32 Å². The van der Waals surface area contributed by atoms with E-state index in [-0.39, 0.29) is 0 Å². The van der Waals surface area contributed by atoms with Gasteiger partial charge in [0, 0.05) is 6.54 Å². The molecule has 4 heteroatoms. The summed E-state index contributed by atoms with van der Waals surface area (Å²) >= 11 is 0. The Bertz CT molecular complexity index is 286. The van der Waals surface area contributed by atoms with Gasteiger partial charge in [0.1, 0.15) is 8.07 Å². The van der Waals surface area contributed by atoms with Crippen LogP contribution in [0.4, 0.5) is 5.69 Å². The molecule has 1 aromatic rings. The van der Waals surface area contributed by atoms with E-state index in [0.717, 1.165) is 12.2 Å². The molecule has 74 valence electrons. The molecule has 0 saturated heterocycles. The Kier molecular flexibility index (Phi) is 2.80. The summed E-state index contributed by atoms with van der Waals surface area (Å²) in [6.45, 7) is 12.1. The predicted octanol–water partition coefficient (Wildman–Crippen LogP) is 1.70. The maximum Gasteiger partial charge on any atom is 0.106 e. The van der Waals surface area contributed by atoms with Crippen LogP contribution < -0.4 is 10.6 Å². The lowest BCUT2D eigenvalue weighted by Gasteiger charge is -2.15. The van der Waals surface area contributed by atoms with Gasteiger partial charge in [0.15, 0.2) is 0 Å². The van der Waals surface area contributed by atoms with Crippen LogP contribution in [0.25, 0.3) is 0 Å². The molecular weight excluding hydrogens is 178 g/mol. The number of aryl methyl sites for hydroxylation is 1. The SMILES string of the molecule is CCNc1c([Si](C)(C)C)n[nH]c1C. The molecule has 0 aliphatic carbocycles. The van der Waals surface area contributed by atoms with Gasteiger partial charge in [-0.25, -0.2) is 0 Å². The van der Waals surface area contributed by atoms with Crippen molar-refractivity contribution in [2.24, 2.45) is 0 Å². The molecule has 0 fully saturated rings. The van der Waals surface area contributed by atoms with E-state index in [0.29, 0.717) is 0 Å². The maximum atomic E-state index is 4.38. The fraction of sp³-hybridized carbons (Fsp3) is 0.667. The highest BCUT2D eigenvalue weighted by Gasteiger charge is 2.24. The summed E-state index contributed by atoms with van der Waals surface area (Å²) < 4.78 is 0. The highest BCUT2D eigenvalue weighted by Crippen LogP contribution is 2.13. The van der Waals surface area contributed by atoms with Crippen LogP contribution in [-0.4, -0.2) is 24.8 Å². The highest BCUT2D eigenvalue weighted by atomic mass is 28.3. The summed E-state index contributed by atoms with van der Waals surface area (Å²) in [4.78, 5) is 0. The minimum Gasteiger partial charge on any atom is -0.383 e. The van der Waals surface area contributed by atoms with E-state index in [1.165, 1.54) is 11.0 Å². The molecule has 1 heterocycles. The number of hydrogen-bond donors (Lipinski definition) is 2. The van der Waals surface area contributed by atoms with Crippen LogP contribution in [0.5, 0.6) is 0 Å². The summed E-state index contributed by atoms with van der Waals surface area (Å²) in [7, 11) is -1.30. The van der Waals surface area contributed by atoms with Gasteiger partial charge in [-0.1, -0.05) is 19.6 Å². The molecule has 3 nitrogen and oxygen atoms in total. The standard InChI is InChI=1S/C9H19N3Si/c1-6-10-8-7(2)11-12-9(8)13(3,4)5/h10H,6H2,1-5H3,(H,11,12). The minimum atomic E-state index is -1.30. The van der Waals surface area contributed by atoms with E-state index in [1.54, 1.807) is 0 Å². The van der Waals surface area contributed by atoms with Gasteiger partial charge in [-0.2, -0.15) is 5.10 Å². The Hall–Kier alpha value is -0.773. The molecule has 0 aromatic carbocycles. The van der Waals surface area contributed by atoms with Crippen LogP contribution in [0.3, 0.4) is 0 Å². The third kappa shape index (κ3) is 2.12. The van der Waals surface area contributed by atoms with Gasteiger partial charge in [0.2, 0.25) is 0 Å². The Morgan fingerprint density at radius 3 is 2.46 bits per heavy atom. The van der Waals surface area contributed by atoms with E-state index in [9.17, 15) is 0 Å². The topological polar surface area (TPSA) is 40.7 Å². The average molecular weight is 197 g/mol. The average Bonchev–Trinajstić information content (AvgIpc) is 2.32. The highest BCUT2D eigenvalue weighted by molar-refractivity contribution is 6.89. The predicted molar refractivity (Wildman–Crippen MR) is 60.5 cm³/mol. The molecule has 1 rings (SSSR count). The van der Waals surface area contributed by atoms with Gasteiger partial charge in [-0.15, -0.1) is 0 Å². The van der Waals surface area contributed by atoms with Crippen LogP contribution in [0, 0.1) is 6.92 Å². The molecule has 0 atom stereocenters. The van der Waals surface area contributed by atoms with Crippen molar-refractivity contribution in [1.82, 2.24) is 10.2 Å². The molecule has 13 heavy (non-hydrogen) atoms. The Morgan fingerprint density at radius 1 is 1.38 bits per heavy atom. The molecule has 0 aliphatic heterocycles. The van der Waals surface area contributed by atoms with Crippen molar-refractivity contribution in [3.8, 4) is 0 Å². The van der Waals surface area contributed by atoms with E-state index in [1.807, 2.05) is 0 Å². The number of nitrogens with one attached hydrogen (secondary N) is 2. The molecular formula is C9H19N3Si. The van der Waals surface area contributed by atoms with Crippen LogP contribution in [-0.2, 0) is 0 Å². The number of H-pyrrole nitrogens is 1. The van der Waals surface area contributed by atoms with Crippen LogP contribution in [0.1, 0.15) is 12.6 Å².